The Morgan fingerprint density at radius 2 is 2.05 bits per heavy atom. The summed E-state index contributed by atoms with van der Waals surface area (Å²) in [4.78, 5) is 0. The Hall–Kier alpha value is -1.02. The van der Waals surface area contributed by atoms with Crippen LogP contribution in [0.1, 0.15) is 51.0 Å². The molecule has 2 nitrogen and oxygen atoms in total. The van der Waals surface area contributed by atoms with E-state index in [4.69, 9.17) is 0 Å². The van der Waals surface area contributed by atoms with Gasteiger partial charge in [-0.3, -0.25) is 0 Å². The molecule has 1 saturated heterocycles. The van der Waals surface area contributed by atoms with Gasteiger partial charge in [0.1, 0.15) is 0 Å². The second kappa shape index (κ2) is 6.62. The maximum atomic E-state index is 3.88. The lowest BCUT2D eigenvalue weighted by atomic mass is 9.92. The van der Waals surface area contributed by atoms with Crippen molar-refractivity contribution in [1.29, 1.82) is 0 Å². The zero-order valence-electron chi connectivity index (χ0n) is 12.7. The van der Waals surface area contributed by atoms with Gasteiger partial charge in [0, 0.05) is 17.8 Å². The average Bonchev–Trinajstić information content (AvgIpc) is 3.11. The molecule has 1 saturated carbocycles. The molecular formula is C18H28N2. The van der Waals surface area contributed by atoms with Gasteiger partial charge in [0.15, 0.2) is 0 Å². The van der Waals surface area contributed by atoms with Gasteiger partial charge in [-0.2, -0.15) is 0 Å². The Kier molecular flexibility index (Phi) is 4.62. The molecule has 0 amide bonds. The highest BCUT2D eigenvalue weighted by molar-refractivity contribution is 5.52. The molecule has 0 aromatic heterocycles. The molecule has 1 aliphatic carbocycles. The van der Waals surface area contributed by atoms with Gasteiger partial charge in [-0.05, 0) is 56.2 Å². The molecular weight excluding hydrogens is 244 g/mol. The molecule has 2 heteroatoms. The summed E-state index contributed by atoms with van der Waals surface area (Å²) >= 11 is 0. The average molecular weight is 272 g/mol. The van der Waals surface area contributed by atoms with Gasteiger partial charge in [-0.15, -0.1) is 0 Å². The Balaban J connectivity index is 1.69. The van der Waals surface area contributed by atoms with Crippen molar-refractivity contribution in [3.63, 3.8) is 0 Å². The fourth-order valence-corrected chi connectivity index (χ4v) is 4.07. The van der Waals surface area contributed by atoms with E-state index in [-0.39, 0.29) is 0 Å². The van der Waals surface area contributed by atoms with Crippen LogP contribution >= 0.6 is 0 Å². The molecule has 2 fully saturated rings. The summed E-state index contributed by atoms with van der Waals surface area (Å²) in [7, 11) is 0. The predicted octanol–water partition coefficient (Wildman–Crippen LogP) is 3.97. The molecule has 1 aromatic rings. The van der Waals surface area contributed by atoms with Crippen LogP contribution in [0, 0.1) is 5.92 Å². The lowest BCUT2D eigenvalue weighted by Gasteiger charge is -2.28. The molecule has 3 rings (SSSR count). The zero-order valence-corrected chi connectivity index (χ0v) is 12.7. The third kappa shape index (κ3) is 3.01. The van der Waals surface area contributed by atoms with Crippen LogP contribution in [0.4, 0.5) is 5.69 Å². The molecule has 0 spiro atoms. The summed E-state index contributed by atoms with van der Waals surface area (Å²) in [6.45, 7) is 3.48. The largest absolute Gasteiger partial charge is 0.382 e. The predicted molar refractivity (Wildman–Crippen MR) is 86.2 cm³/mol. The summed E-state index contributed by atoms with van der Waals surface area (Å²) in [6.07, 6.45) is 9.25. The minimum absolute atomic E-state index is 0.670. The fourth-order valence-electron chi connectivity index (χ4n) is 4.07. The van der Waals surface area contributed by atoms with Gasteiger partial charge in [-0.1, -0.05) is 38.0 Å². The Morgan fingerprint density at radius 3 is 2.85 bits per heavy atom. The van der Waals surface area contributed by atoms with E-state index >= 15 is 0 Å². The summed E-state index contributed by atoms with van der Waals surface area (Å²) < 4.78 is 0. The molecule has 20 heavy (non-hydrogen) atoms. The van der Waals surface area contributed by atoms with Gasteiger partial charge in [0.25, 0.3) is 0 Å². The standard InChI is InChI=1S/C18H28N2/c1-2-7-14-8-3-4-10-16(14)20-18-11-5-9-15(18)17-12-6-13-19-17/h3-4,8,10,15,17-20H,2,5-7,9,11-13H2,1H3. The Bertz CT molecular complexity index is 423. The number of anilines is 1. The molecule has 110 valence electrons. The van der Waals surface area contributed by atoms with Crippen LogP contribution in [0.5, 0.6) is 0 Å². The smallest absolute Gasteiger partial charge is 0.0374 e. The van der Waals surface area contributed by atoms with Gasteiger partial charge in [0.2, 0.25) is 0 Å². The van der Waals surface area contributed by atoms with Gasteiger partial charge in [0.05, 0.1) is 0 Å². The van der Waals surface area contributed by atoms with Crippen LogP contribution in [0.2, 0.25) is 0 Å². The van der Waals surface area contributed by atoms with Crippen molar-refractivity contribution in [1.82, 2.24) is 5.32 Å². The van der Waals surface area contributed by atoms with Crippen LogP contribution in [0.3, 0.4) is 0 Å². The van der Waals surface area contributed by atoms with Crippen LogP contribution in [-0.4, -0.2) is 18.6 Å². The number of benzene rings is 1. The summed E-state index contributed by atoms with van der Waals surface area (Å²) in [6, 6.07) is 10.3. The summed E-state index contributed by atoms with van der Waals surface area (Å²) in [5, 5.41) is 7.60. The maximum Gasteiger partial charge on any atom is 0.0374 e. The molecule has 3 atom stereocenters. The van der Waals surface area contributed by atoms with Crippen molar-refractivity contribution in [3.8, 4) is 0 Å². The molecule has 1 aliphatic heterocycles. The van der Waals surface area contributed by atoms with Crippen LogP contribution in [-0.2, 0) is 6.42 Å². The fraction of sp³-hybridized carbons (Fsp3) is 0.667. The van der Waals surface area contributed by atoms with Crippen molar-refractivity contribution >= 4 is 5.69 Å². The highest BCUT2D eigenvalue weighted by Gasteiger charge is 2.34. The van der Waals surface area contributed by atoms with Crippen LogP contribution in [0.25, 0.3) is 0 Å². The van der Waals surface area contributed by atoms with Crippen LogP contribution < -0.4 is 10.6 Å². The van der Waals surface area contributed by atoms with Crippen molar-refractivity contribution in [2.75, 3.05) is 11.9 Å². The second-order valence-electron chi connectivity index (χ2n) is 6.46. The van der Waals surface area contributed by atoms with E-state index in [1.54, 1.807) is 0 Å². The third-order valence-electron chi connectivity index (χ3n) is 5.06. The molecule has 1 heterocycles. The third-order valence-corrected chi connectivity index (χ3v) is 5.06. The SMILES string of the molecule is CCCc1ccccc1NC1CCCC1C1CCCN1. The summed E-state index contributed by atoms with van der Waals surface area (Å²) in [5.74, 6) is 0.826. The highest BCUT2D eigenvalue weighted by atomic mass is 15.0. The molecule has 3 unspecified atom stereocenters. The first kappa shape index (κ1) is 13.9. The molecule has 0 radical (unpaired) electrons. The monoisotopic (exact) mass is 272 g/mol. The zero-order chi connectivity index (χ0) is 13.8. The quantitative estimate of drug-likeness (QED) is 0.847. The Labute approximate surface area is 123 Å². The Morgan fingerprint density at radius 1 is 1.15 bits per heavy atom. The molecule has 1 aromatic carbocycles. The van der Waals surface area contributed by atoms with Crippen molar-refractivity contribution in [2.24, 2.45) is 5.92 Å². The first-order valence-corrected chi connectivity index (χ1v) is 8.46. The second-order valence-corrected chi connectivity index (χ2v) is 6.46. The number of para-hydroxylation sites is 1. The van der Waals surface area contributed by atoms with E-state index in [1.165, 1.54) is 62.7 Å². The number of nitrogens with one attached hydrogen (secondary N) is 2. The van der Waals surface area contributed by atoms with Gasteiger partial charge >= 0.3 is 0 Å². The first-order valence-electron chi connectivity index (χ1n) is 8.46. The minimum atomic E-state index is 0.670. The normalized spacial score (nSPS) is 29.8. The van der Waals surface area contributed by atoms with E-state index < -0.39 is 0 Å². The van der Waals surface area contributed by atoms with E-state index in [9.17, 15) is 0 Å². The maximum absolute atomic E-state index is 3.88. The van der Waals surface area contributed by atoms with Crippen molar-refractivity contribution in [2.45, 2.75) is 64.0 Å². The number of rotatable bonds is 5. The molecule has 2 N–H and O–H groups in total. The number of hydrogen-bond acceptors (Lipinski definition) is 2. The minimum Gasteiger partial charge on any atom is -0.382 e. The van der Waals surface area contributed by atoms with E-state index in [0.717, 1.165) is 12.0 Å². The molecule has 0 bridgehead atoms. The summed E-state index contributed by atoms with van der Waals surface area (Å²) in [5.41, 5.74) is 2.87. The van der Waals surface area contributed by atoms with Crippen LogP contribution in [0.15, 0.2) is 24.3 Å². The van der Waals surface area contributed by atoms with Gasteiger partial charge < -0.3 is 10.6 Å². The number of hydrogen-bond donors (Lipinski definition) is 2. The van der Waals surface area contributed by atoms with Gasteiger partial charge in [-0.25, -0.2) is 0 Å². The van der Waals surface area contributed by atoms with E-state index in [0.29, 0.717) is 6.04 Å². The highest BCUT2D eigenvalue weighted by Crippen LogP contribution is 2.34. The first-order chi connectivity index (χ1) is 9.88. The molecule has 2 aliphatic rings. The van der Waals surface area contributed by atoms with Crippen molar-refractivity contribution in [3.05, 3.63) is 29.8 Å². The lowest BCUT2D eigenvalue weighted by molar-refractivity contribution is 0.376. The number of aryl methyl sites for hydroxylation is 1. The van der Waals surface area contributed by atoms with E-state index in [1.807, 2.05) is 0 Å². The van der Waals surface area contributed by atoms with E-state index in [2.05, 4.69) is 41.8 Å². The topological polar surface area (TPSA) is 24.1 Å². The lowest BCUT2D eigenvalue weighted by Crippen LogP contribution is -2.38. The van der Waals surface area contributed by atoms with Crippen molar-refractivity contribution < 1.29 is 0 Å².